The van der Waals surface area contributed by atoms with E-state index in [0.29, 0.717) is 19.8 Å². The lowest BCUT2D eigenvalue weighted by Gasteiger charge is -2.33. The van der Waals surface area contributed by atoms with E-state index in [4.69, 9.17) is 10.5 Å². The minimum Gasteiger partial charge on any atom is -0.505 e. The molecule has 2 rings (SSSR count). The number of carbonyl (C=O) groups excluding carboxylic acids is 1. The Balaban J connectivity index is 2.27. The van der Waals surface area contributed by atoms with E-state index in [1.807, 2.05) is 6.92 Å². The molecule has 1 heterocycles. The standard InChI is InChI=1S/C12H16N2O3/c1-8-7-17-6-5-14(8)12(16)9-3-2-4-10(13)11(9)15/h2-4,8,15H,5-7,13H2,1H3. The smallest absolute Gasteiger partial charge is 0.258 e. The quantitative estimate of drug-likeness (QED) is 0.559. The molecule has 1 aliphatic rings. The van der Waals surface area contributed by atoms with Gasteiger partial charge in [-0.2, -0.15) is 0 Å². The molecule has 1 saturated heterocycles. The fraction of sp³-hybridized carbons (Fsp3) is 0.417. The second kappa shape index (κ2) is 4.63. The Morgan fingerprint density at radius 1 is 1.59 bits per heavy atom. The predicted octanol–water partition coefficient (Wildman–Crippen LogP) is 0.835. The first kappa shape index (κ1) is 11.7. The molecule has 1 aromatic rings. The van der Waals surface area contributed by atoms with E-state index in [-0.39, 0.29) is 28.9 Å². The summed E-state index contributed by atoms with van der Waals surface area (Å²) in [7, 11) is 0. The summed E-state index contributed by atoms with van der Waals surface area (Å²) >= 11 is 0. The highest BCUT2D eigenvalue weighted by Crippen LogP contribution is 2.26. The number of phenolic OH excluding ortho intramolecular Hbond substituents is 1. The van der Waals surface area contributed by atoms with Gasteiger partial charge in [0.1, 0.15) is 0 Å². The first-order valence-electron chi connectivity index (χ1n) is 5.57. The molecule has 5 nitrogen and oxygen atoms in total. The first-order chi connectivity index (χ1) is 8.11. The highest BCUT2D eigenvalue weighted by molar-refractivity contribution is 5.98. The van der Waals surface area contributed by atoms with Crippen molar-refractivity contribution in [3.63, 3.8) is 0 Å². The summed E-state index contributed by atoms with van der Waals surface area (Å²) in [6.07, 6.45) is 0. The summed E-state index contributed by atoms with van der Waals surface area (Å²) in [5.41, 5.74) is 6.05. The van der Waals surface area contributed by atoms with Crippen LogP contribution in [0.5, 0.6) is 5.75 Å². The molecule has 3 N–H and O–H groups in total. The van der Waals surface area contributed by atoms with Crippen molar-refractivity contribution >= 4 is 11.6 Å². The van der Waals surface area contributed by atoms with E-state index in [1.165, 1.54) is 0 Å². The molecule has 5 heteroatoms. The number of ether oxygens (including phenoxy) is 1. The Bertz CT molecular complexity index is 434. The van der Waals surface area contributed by atoms with E-state index in [1.54, 1.807) is 23.1 Å². The molecule has 1 aromatic carbocycles. The summed E-state index contributed by atoms with van der Waals surface area (Å²) < 4.78 is 5.27. The van der Waals surface area contributed by atoms with Gasteiger partial charge in [0.25, 0.3) is 5.91 Å². The highest BCUT2D eigenvalue weighted by Gasteiger charge is 2.26. The number of amides is 1. The molecule has 0 radical (unpaired) electrons. The number of hydrogen-bond donors (Lipinski definition) is 2. The van der Waals surface area contributed by atoms with Gasteiger partial charge in [-0.3, -0.25) is 4.79 Å². The Labute approximate surface area is 99.8 Å². The number of nitrogen functional groups attached to an aromatic ring is 1. The Kier molecular flexibility index (Phi) is 3.19. The van der Waals surface area contributed by atoms with Crippen LogP contribution in [0.1, 0.15) is 17.3 Å². The largest absolute Gasteiger partial charge is 0.505 e. The van der Waals surface area contributed by atoms with Crippen LogP contribution in [0.25, 0.3) is 0 Å². The van der Waals surface area contributed by atoms with Gasteiger partial charge in [0.15, 0.2) is 5.75 Å². The van der Waals surface area contributed by atoms with E-state index < -0.39 is 0 Å². The maximum atomic E-state index is 12.2. The van der Waals surface area contributed by atoms with Crippen molar-refractivity contribution in [1.82, 2.24) is 4.90 Å². The minimum absolute atomic E-state index is 0.0112. The summed E-state index contributed by atoms with van der Waals surface area (Å²) in [5, 5.41) is 9.78. The van der Waals surface area contributed by atoms with Crippen LogP contribution in [-0.2, 0) is 4.74 Å². The molecular formula is C12H16N2O3. The Morgan fingerprint density at radius 3 is 3.06 bits per heavy atom. The van der Waals surface area contributed by atoms with Gasteiger partial charge in [-0.1, -0.05) is 6.07 Å². The fourth-order valence-electron chi connectivity index (χ4n) is 1.92. The number of aromatic hydroxyl groups is 1. The molecular weight excluding hydrogens is 220 g/mol. The lowest BCUT2D eigenvalue weighted by atomic mass is 10.1. The third kappa shape index (κ3) is 2.19. The summed E-state index contributed by atoms with van der Waals surface area (Å²) in [6.45, 7) is 3.50. The average Bonchev–Trinajstić information content (AvgIpc) is 2.32. The van der Waals surface area contributed by atoms with Gasteiger partial charge in [-0.05, 0) is 19.1 Å². The molecule has 1 fully saturated rings. The van der Waals surface area contributed by atoms with Gasteiger partial charge in [0.05, 0.1) is 30.5 Å². The van der Waals surface area contributed by atoms with Gasteiger partial charge in [-0.25, -0.2) is 0 Å². The zero-order valence-electron chi connectivity index (χ0n) is 9.72. The maximum absolute atomic E-state index is 12.2. The number of hydrogen-bond acceptors (Lipinski definition) is 4. The van der Waals surface area contributed by atoms with Crippen LogP contribution in [-0.4, -0.2) is 41.7 Å². The number of nitrogens with two attached hydrogens (primary N) is 1. The second-order valence-corrected chi connectivity index (χ2v) is 4.17. The Morgan fingerprint density at radius 2 is 2.35 bits per heavy atom. The highest BCUT2D eigenvalue weighted by atomic mass is 16.5. The monoisotopic (exact) mass is 236 g/mol. The molecule has 17 heavy (non-hydrogen) atoms. The molecule has 1 aliphatic heterocycles. The lowest BCUT2D eigenvalue weighted by Crippen LogP contribution is -2.47. The summed E-state index contributed by atoms with van der Waals surface area (Å²) in [6, 6.07) is 4.82. The molecule has 1 unspecified atom stereocenters. The Hall–Kier alpha value is -1.75. The molecule has 92 valence electrons. The van der Waals surface area contributed by atoms with Gasteiger partial charge in [0.2, 0.25) is 0 Å². The van der Waals surface area contributed by atoms with Crippen molar-refractivity contribution in [1.29, 1.82) is 0 Å². The predicted molar refractivity (Wildman–Crippen MR) is 63.8 cm³/mol. The number of morpholine rings is 1. The number of para-hydroxylation sites is 1. The minimum atomic E-state index is -0.203. The van der Waals surface area contributed by atoms with Gasteiger partial charge < -0.3 is 20.5 Å². The second-order valence-electron chi connectivity index (χ2n) is 4.17. The van der Waals surface area contributed by atoms with Crippen molar-refractivity contribution in [2.45, 2.75) is 13.0 Å². The number of carbonyl (C=O) groups is 1. The van der Waals surface area contributed by atoms with Crippen molar-refractivity contribution in [2.75, 3.05) is 25.5 Å². The molecule has 1 atom stereocenters. The SMILES string of the molecule is CC1COCCN1C(=O)c1cccc(N)c1O. The van der Waals surface area contributed by atoms with E-state index in [9.17, 15) is 9.90 Å². The van der Waals surface area contributed by atoms with Crippen molar-refractivity contribution in [3.05, 3.63) is 23.8 Å². The van der Waals surface area contributed by atoms with Crippen LogP contribution in [0, 0.1) is 0 Å². The van der Waals surface area contributed by atoms with Crippen LogP contribution in [0.15, 0.2) is 18.2 Å². The number of nitrogens with zero attached hydrogens (tertiary/aromatic N) is 1. The van der Waals surface area contributed by atoms with Gasteiger partial charge in [-0.15, -0.1) is 0 Å². The van der Waals surface area contributed by atoms with E-state index in [0.717, 1.165) is 0 Å². The third-order valence-electron chi connectivity index (χ3n) is 2.93. The van der Waals surface area contributed by atoms with Crippen LogP contribution in [0.3, 0.4) is 0 Å². The first-order valence-corrected chi connectivity index (χ1v) is 5.57. The molecule has 0 bridgehead atoms. The number of rotatable bonds is 1. The van der Waals surface area contributed by atoms with E-state index >= 15 is 0 Å². The number of anilines is 1. The topological polar surface area (TPSA) is 75.8 Å². The lowest BCUT2D eigenvalue weighted by molar-refractivity contribution is 0.00345. The van der Waals surface area contributed by atoms with Crippen LogP contribution >= 0.6 is 0 Å². The zero-order valence-corrected chi connectivity index (χ0v) is 9.72. The van der Waals surface area contributed by atoms with Gasteiger partial charge in [0, 0.05) is 6.54 Å². The molecule has 0 spiro atoms. The summed E-state index contributed by atoms with van der Waals surface area (Å²) in [4.78, 5) is 13.9. The molecule has 0 saturated carbocycles. The van der Waals surface area contributed by atoms with E-state index in [2.05, 4.69) is 0 Å². The molecule has 0 aliphatic carbocycles. The van der Waals surface area contributed by atoms with Crippen molar-refractivity contribution in [2.24, 2.45) is 0 Å². The van der Waals surface area contributed by atoms with Crippen LogP contribution < -0.4 is 5.73 Å². The van der Waals surface area contributed by atoms with Gasteiger partial charge >= 0.3 is 0 Å². The molecule has 0 aromatic heterocycles. The normalized spacial score (nSPS) is 20.3. The van der Waals surface area contributed by atoms with Crippen molar-refractivity contribution in [3.8, 4) is 5.75 Å². The van der Waals surface area contributed by atoms with Crippen LogP contribution in [0.2, 0.25) is 0 Å². The summed E-state index contributed by atoms with van der Waals surface area (Å²) in [5.74, 6) is -0.346. The van der Waals surface area contributed by atoms with Crippen molar-refractivity contribution < 1.29 is 14.6 Å². The zero-order chi connectivity index (χ0) is 12.4. The maximum Gasteiger partial charge on any atom is 0.258 e. The fourth-order valence-corrected chi connectivity index (χ4v) is 1.92. The number of benzene rings is 1. The number of phenols is 1. The third-order valence-corrected chi connectivity index (χ3v) is 2.93. The molecule has 1 amide bonds. The average molecular weight is 236 g/mol. The van der Waals surface area contributed by atoms with Crippen LogP contribution in [0.4, 0.5) is 5.69 Å².